The lowest BCUT2D eigenvalue weighted by atomic mass is 9.65. The summed E-state index contributed by atoms with van der Waals surface area (Å²) >= 11 is 0. The van der Waals surface area contributed by atoms with Crippen LogP contribution in [-0.4, -0.2) is 65.2 Å². The summed E-state index contributed by atoms with van der Waals surface area (Å²) in [6.45, 7) is 5.43. The van der Waals surface area contributed by atoms with E-state index in [9.17, 15) is 4.79 Å². The van der Waals surface area contributed by atoms with Crippen molar-refractivity contribution in [3.8, 4) is 0 Å². The smallest absolute Gasteiger partial charge is 0.276 e. The van der Waals surface area contributed by atoms with Crippen molar-refractivity contribution in [1.29, 1.82) is 0 Å². The normalized spacial score (nSPS) is 30.6. The molecule has 3 aliphatic heterocycles. The maximum atomic E-state index is 13.1. The molecular formula is C17H24N4O3. The number of likely N-dealkylation sites (tertiary alicyclic amines) is 1. The number of nitrogens with zero attached hydrogens (tertiary/aromatic N) is 3. The average molecular weight is 332 g/mol. The third-order valence-corrected chi connectivity index (χ3v) is 5.72. The van der Waals surface area contributed by atoms with Gasteiger partial charge in [-0.1, -0.05) is 11.6 Å². The predicted octanol–water partition coefficient (Wildman–Crippen LogP) is 1.47. The summed E-state index contributed by atoms with van der Waals surface area (Å²) in [7, 11) is 0. The average Bonchev–Trinajstić information content (AvgIpc) is 3.07. The largest absolute Gasteiger partial charge is 0.380 e. The fourth-order valence-electron chi connectivity index (χ4n) is 4.55. The van der Waals surface area contributed by atoms with Gasteiger partial charge in [0.25, 0.3) is 5.91 Å². The van der Waals surface area contributed by atoms with E-state index in [1.54, 1.807) is 0 Å². The van der Waals surface area contributed by atoms with Crippen LogP contribution >= 0.6 is 0 Å². The molecule has 1 amide bonds. The third kappa shape index (κ3) is 2.46. The molecule has 4 rings (SSSR count). The lowest BCUT2D eigenvalue weighted by Gasteiger charge is -2.54. The van der Waals surface area contributed by atoms with Gasteiger partial charge in [-0.15, -0.1) is 0 Å². The van der Waals surface area contributed by atoms with Gasteiger partial charge in [0.2, 0.25) is 0 Å². The van der Waals surface area contributed by atoms with Crippen molar-refractivity contribution in [1.82, 2.24) is 20.3 Å². The quantitative estimate of drug-likeness (QED) is 0.830. The Labute approximate surface area is 141 Å². The number of rotatable bonds is 2. The zero-order valence-electron chi connectivity index (χ0n) is 14.1. The first-order valence-electron chi connectivity index (χ1n) is 8.76. The van der Waals surface area contributed by atoms with Crippen molar-refractivity contribution >= 4 is 5.91 Å². The SMILES string of the molecule is Cc1n[nH]nc1C(=O)N1CCC[C@@]2(C3=CCOCC3)COCC[C@H]12. The van der Waals surface area contributed by atoms with Gasteiger partial charge in [-0.2, -0.15) is 15.4 Å². The second kappa shape index (κ2) is 6.29. The second-order valence-electron chi connectivity index (χ2n) is 6.93. The van der Waals surface area contributed by atoms with Crippen LogP contribution in [0.25, 0.3) is 0 Å². The number of aryl methyl sites for hydroxylation is 1. The maximum absolute atomic E-state index is 13.1. The Kier molecular flexibility index (Phi) is 4.14. The van der Waals surface area contributed by atoms with Gasteiger partial charge in [0, 0.05) is 24.6 Å². The number of hydrogen-bond donors (Lipinski definition) is 1. The maximum Gasteiger partial charge on any atom is 0.276 e. The molecular weight excluding hydrogens is 308 g/mol. The molecule has 0 aromatic carbocycles. The molecule has 1 aromatic rings. The van der Waals surface area contributed by atoms with Gasteiger partial charge in [0.15, 0.2) is 5.69 Å². The molecule has 0 spiro atoms. The monoisotopic (exact) mass is 332 g/mol. The standard InChI is InChI=1S/C17H24N4O3/c1-12-15(19-20-18-12)16(22)21-7-2-6-17(11-24-10-5-14(17)21)13-3-8-23-9-4-13/h3,14H,2,4-11H2,1H3,(H,18,19,20)/t14-,17-/m0/s1. The first-order valence-corrected chi connectivity index (χ1v) is 8.76. The fraction of sp³-hybridized carbons (Fsp3) is 0.706. The number of aromatic nitrogens is 3. The van der Waals surface area contributed by atoms with Crippen LogP contribution in [0.1, 0.15) is 41.9 Å². The van der Waals surface area contributed by atoms with Crippen molar-refractivity contribution in [3.63, 3.8) is 0 Å². The highest BCUT2D eigenvalue weighted by atomic mass is 16.5. The van der Waals surface area contributed by atoms with E-state index in [2.05, 4.69) is 21.5 Å². The Morgan fingerprint density at radius 1 is 1.38 bits per heavy atom. The topological polar surface area (TPSA) is 80.3 Å². The molecule has 1 N–H and O–H groups in total. The molecule has 2 saturated heterocycles. The summed E-state index contributed by atoms with van der Waals surface area (Å²) in [5.41, 5.74) is 2.45. The molecule has 0 saturated carbocycles. The number of piperidine rings is 1. The van der Waals surface area contributed by atoms with Gasteiger partial charge in [-0.3, -0.25) is 4.79 Å². The lowest BCUT2D eigenvalue weighted by molar-refractivity contribution is -0.0740. The molecule has 3 aliphatic rings. The highest BCUT2D eigenvalue weighted by Crippen LogP contribution is 2.48. The van der Waals surface area contributed by atoms with Gasteiger partial charge in [-0.05, 0) is 32.6 Å². The minimum absolute atomic E-state index is 0.00937. The third-order valence-electron chi connectivity index (χ3n) is 5.72. The number of carbonyl (C=O) groups is 1. The molecule has 0 unspecified atom stereocenters. The Morgan fingerprint density at radius 2 is 2.29 bits per heavy atom. The van der Waals surface area contributed by atoms with E-state index < -0.39 is 0 Å². The van der Waals surface area contributed by atoms with Crippen molar-refractivity contribution in [2.24, 2.45) is 5.41 Å². The van der Waals surface area contributed by atoms with Crippen molar-refractivity contribution in [3.05, 3.63) is 23.0 Å². The highest BCUT2D eigenvalue weighted by Gasteiger charge is 2.50. The Balaban J connectivity index is 1.68. The second-order valence-corrected chi connectivity index (χ2v) is 6.93. The number of hydrogen-bond acceptors (Lipinski definition) is 5. The summed E-state index contributed by atoms with van der Waals surface area (Å²) < 4.78 is 11.4. The van der Waals surface area contributed by atoms with E-state index >= 15 is 0 Å². The summed E-state index contributed by atoms with van der Waals surface area (Å²) in [5.74, 6) is -0.00937. The molecule has 2 fully saturated rings. The number of nitrogens with one attached hydrogen (secondary N) is 1. The summed E-state index contributed by atoms with van der Waals surface area (Å²) in [4.78, 5) is 15.1. The van der Waals surface area contributed by atoms with Gasteiger partial charge in [0.1, 0.15) is 0 Å². The van der Waals surface area contributed by atoms with Crippen LogP contribution in [0.3, 0.4) is 0 Å². The zero-order chi connectivity index (χ0) is 16.6. The molecule has 4 heterocycles. The van der Waals surface area contributed by atoms with Gasteiger partial charge < -0.3 is 14.4 Å². The fourth-order valence-corrected chi connectivity index (χ4v) is 4.55. The molecule has 0 aliphatic carbocycles. The van der Waals surface area contributed by atoms with Crippen molar-refractivity contribution in [2.75, 3.05) is 33.0 Å². The highest BCUT2D eigenvalue weighted by molar-refractivity contribution is 5.93. The number of fused-ring (bicyclic) bond motifs is 1. The number of H-pyrrole nitrogens is 1. The van der Waals surface area contributed by atoms with Crippen LogP contribution in [0.15, 0.2) is 11.6 Å². The summed E-state index contributed by atoms with van der Waals surface area (Å²) in [6, 6.07) is 0.174. The van der Waals surface area contributed by atoms with E-state index in [4.69, 9.17) is 9.47 Å². The molecule has 7 nitrogen and oxygen atoms in total. The van der Waals surface area contributed by atoms with Crippen molar-refractivity contribution in [2.45, 2.75) is 38.6 Å². The molecule has 24 heavy (non-hydrogen) atoms. The number of ether oxygens (including phenoxy) is 2. The Morgan fingerprint density at radius 3 is 3.04 bits per heavy atom. The molecule has 7 heteroatoms. The first-order chi connectivity index (χ1) is 11.7. The van der Waals surface area contributed by atoms with E-state index in [1.807, 2.05) is 11.8 Å². The predicted molar refractivity (Wildman–Crippen MR) is 86.6 cm³/mol. The van der Waals surface area contributed by atoms with Crippen molar-refractivity contribution < 1.29 is 14.3 Å². The number of aromatic amines is 1. The zero-order valence-corrected chi connectivity index (χ0v) is 14.1. The minimum atomic E-state index is -0.0619. The van der Waals surface area contributed by atoms with E-state index in [-0.39, 0.29) is 17.4 Å². The molecule has 0 radical (unpaired) electrons. The Hall–Kier alpha value is -1.73. The summed E-state index contributed by atoms with van der Waals surface area (Å²) in [5, 5.41) is 10.6. The van der Waals surface area contributed by atoms with Gasteiger partial charge in [-0.25, -0.2) is 0 Å². The first kappa shape index (κ1) is 15.8. The summed E-state index contributed by atoms with van der Waals surface area (Å²) in [6.07, 6.45) is 6.08. The van der Waals surface area contributed by atoms with Crippen LogP contribution in [0.2, 0.25) is 0 Å². The Bertz CT molecular complexity index is 652. The van der Waals surface area contributed by atoms with Gasteiger partial charge >= 0.3 is 0 Å². The van der Waals surface area contributed by atoms with Crippen LogP contribution < -0.4 is 0 Å². The van der Waals surface area contributed by atoms with Crippen LogP contribution in [0.5, 0.6) is 0 Å². The number of amides is 1. The number of carbonyl (C=O) groups excluding carboxylic acids is 1. The van der Waals surface area contributed by atoms with Crippen LogP contribution in [0.4, 0.5) is 0 Å². The molecule has 1 aromatic heterocycles. The van der Waals surface area contributed by atoms with E-state index in [0.717, 1.165) is 38.8 Å². The minimum Gasteiger partial charge on any atom is -0.380 e. The van der Waals surface area contributed by atoms with Gasteiger partial charge in [0.05, 0.1) is 25.5 Å². The molecule has 0 bridgehead atoms. The molecule has 2 atom stereocenters. The van der Waals surface area contributed by atoms with E-state index in [0.29, 0.717) is 31.2 Å². The van der Waals surface area contributed by atoms with Crippen LogP contribution in [-0.2, 0) is 9.47 Å². The lowest BCUT2D eigenvalue weighted by Crippen LogP contribution is -2.59. The molecule has 130 valence electrons. The van der Waals surface area contributed by atoms with E-state index in [1.165, 1.54) is 5.57 Å². The van der Waals surface area contributed by atoms with Crippen LogP contribution in [0, 0.1) is 12.3 Å².